The lowest BCUT2D eigenvalue weighted by Crippen LogP contribution is -2.27. The van der Waals surface area contributed by atoms with E-state index in [-0.39, 0.29) is 0 Å². The van der Waals surface area contributed by atoms with Crippen LogP contribution in [0, 0.1) is 0 Å². The summed E-state index contributed by atoms with van der Waals surface area (Å²) in [5, 5.41) is 0. The van der Waals surface area contributed by atoms with Gasteiger partial charge in [-0.2, -0.15) is 0 Å². The van der Waals surface area contributed by atoms with Gasteiger partial charge < -0.3 is 5.73 Å². The van der Waals surface area contributed by atoms with Crippen LogP contribution < -0.4 is 5.73 Å². The Morgan fingerprint density at radius 1 is 1.35 bits per heavy atom. The zero-order valence-corrected chi connectivity index (χ0v) is 11.2. The summed E-state index contributed by atoms with van der Waals surface area (Å²) in [5.74, 6) is 0. The van der Waals surface area contributed by atoms with Gasteiger partial charge in [0, 0.05) is 19.0 Å². The molecule has 0 aliphatic carbocycles. The molecule has 0 spiro atoms. The predicted molar refractivity (Wildman–Crippen MR) is 76.8 cm³/mol. The second-order valence-electron chi connectivity index (χ2n) is 4.12. The Morgan fingerprint density at radius 3 is 2.65 bits per heavy atom. The molecule has 2 N–H and O–H groups in total. The number of allylic oxidation sites excluding steroid dienone is 1. The van der Waals surface area contributed by atoms with Crippen LogP contribution in [0.3, 0.4) is 0 Å². The number of aliphatic imine (C=N–C) groups is 2. The van der Waals surface area contributed by atoms with Crippen molar-refractivity contribution >= 4 is 12.9 Å². The fraction of sp³-hybridized carbons (Fsp3) is 0.692. The molecule has 0 radical (unpaired) electrons. The summed E-state index contributed by atoms with van der Waals surface area (Å²) < 4.78 is 0. The molecule has 98 valence electrons. The number of hydrogen-bond acceptors (Lipinski definition) is 4. The van der Waals surface area contributed by atoms with Gasteiger partial charge in [-0.1, -0.05) is 13.3 Å². The van der Waals surface area contributed by atoms with Gasteiger partial charge in [-0.3, -0.25) is 14.9 Å². The number of unbranched alkanes of at least 4 members (excludes halogenated alkanes) is 1. The van der Waals surface area contributed by atoms with Crippen molar-refractivity contribution < 1.29 is 0 Å². The molecule has 0 amide bonds. The second kappa shape index (κ2) is 11.5. The van der Waals surface area contributed by atoms with E-state index < -0.39 is 0 Å². The van der Waals surface area contributed by atoms with Crippen LogP contribution >= 0.6 is 0 Å². The van der Waals surface area contributed by atoms with E-state index in [1.807, 2.05) is 13.1 Å². The zero-order valence-electron chi connectivity index (χ0n) is 11.2. The van der Waals surface area contributed by atoms with E-state index in [9.17, 15) is 0 Å². The fourth-order valence-corrected chi connectivity index (χ4v) is 1.43. The van der Waals surface area contributed by atoms with E-state index in [0.29, 0.717) is 0 Å². The van der Waals surface area contributed by atoms with Gasteiger partial charge in [0.25, 0.3) is 0 Å². The van der Waals surface area contributed by atoms with Gasteiger partial charge in [0.15, 0.2) is 0 Å². The van der Waals surface area contributed by atoms with Crippen LogP contribution in [0.5, 0.6) is 0 Å². The Morgan fingerprint density at radius 2 is 2.06 bits per heavy atom. The maximum absolute atomic E-state index is 5.53. The molecule has 0 aliphatic heterocycles. The first-order chi connectivity index (χ1) is 8.24. The van der Waals surface area contributed by atoms with Crippen LogP contribution in [0.15, 0.2) is 21.8 Å². The van der Waals surface area contributed by atoms with Crippen molar-refractivity contribution in [2.75, 3.05) is 26.3 Å². The van der Waals surface area contributed by atoms with E-state index in [4.69, 9.17) is 5.73 Å². The third-order valence-electron chi connectivity index (χ3n) is 2.38. The molecule has 0 aromatic rings. The van der Waals surface area contributed by atoms with Crippen molar-refractivity contribution in [3.05, 3.63) is 11.8 Å². The lowest BCUT2D eigenvalue weighted by molar-refractivity contribution is 0.277. The maximum Gasteiger partial charge on any atom is 0.0909 e. The lowest BCUT2D eigenvalue weighted by atomic mass is 10.3. The third kappa shape index (κ3) is 9.90. The molecule has 0 heterocycles. The summed E-state index contributed by atoms with van der Waals surface area (Å²) in [5.41, 5.74) is 6.55. The van der Waals surface area contributed by atoms with Crippen molar-refractivity contribution in [1.82, 2.24) is 4.90 Å². The quantitative estimate of drug-likeness (QED) is 0.592. The first-order valence-electron chi connectivity index (χ1n) is 6.29. The summed E-state index contributed by atoms with van der Waals surface area (Å²) in [4.78, 5) is 10.4. The molecule has 4 nitrogen and oxygen atoms in total. The van der Waals surface area contributed by atoms with Gasteiger partial charge in [-0.15, -0.1) is 0 Å². The number of nitrogens with zero attached hydrogens (tertiary/aromatic N) is 3. The largest absolute Gasteiger partial charge is 0.330 e. The Kier molecular flexibility index (Phi) is 10.8. The van der Waals surface area contributed by atoms with E-state index in [0.717, 1.165) is 38.3 Å². The fourth-order valence-electron chi connectivity index (χ4n) is 1.43. The highest BCUT2D eigenvalue weighted by Crippen LogP contribution is 1.97. The topological polar surface area (TPSA) is 54.0 Å². The zero-order chi connectivity index (χ0) is 12.9. The number of rotatable bonds is 10. The smallest absolute Gasteiger partial charge is 0.0909 e. The summed E-state index contributed by atoms with van der Waals surface area (Å²) in [7, 11) is 0. The average Bonchev–Trinajstić information content (AvgIpc) is 2.32. The molecule has 0 aromatic carbocycles. The van der Waals surface area contributed by atoms with E-state index in [1.54, 1.807) is 6.20 Å². The van der Waals surface area contributed by atoms with Crippen LogP contribution in [0.25, 0.3) is 0 Å². The standard InChI is InChI=1S/C13H26N4/c1-4-5-8-17(9-6-7-14)12-16-11-13(2)10-15-3/h10-11H,3-9,12,14H2,1-2H3/b13-10-,16-11-. The molecule has 0 unspecified atom stereocenters. The SMILES string of the molecule is C=N/C=C(C)\C=N/CN(CCCC)CCCN. The number of nitrogens with two attached hydrogens (primary N) is 1. The first-order valence-corrected chi connectivity index (χ1v) is 6.29. The molecule has 0 rings (SSSR count). The third-order valence-corrected chi connectivity index (χ3v) is 2.38. The minimum absolute atomic E-state index is 0.738. The van der Waals surface area contributed by atoms with Gasteiger partial charge in [0.2, 0.25) is 0 Å². The Hall–Kier alpha value is -1.00. The lowest BCUT2D eigenvalue weighted by Gasteiger charge is -2.19. The molecule has 0 atom stereocenters. The van der Waals surface area contributed by atoms with E-state index in [1.165, 1.54) is 12.8 Å². The van der Waals surface area contributed by atoms with Gasteiger partial charge >= 0.3 is 0 Å². The predicted octanol–water partition coefficient (Wildman–Crippen LogP) is 2.07. The van der Waals surface area contributed by atoms with Crippen molar-refractivity contribution in [2.24, 2.45) is 15.7 Å². The highest BCUT2D eigenvalue weighted by molar-refractivity contribution is 5.77. The van der Waals surface area contributed by atoms with Crippen molar-refractivity contribution in [2.45, 2.75) is 33.1 Å². The maximum atomic E-state index is 5.53. The molecule has 0 saturated heterocycles. The summed E-state index contributed by atoms with van der Waals surface area (Å²) >= 11 is 0. The minimum atomic E-state index is 0.738. The molecule has 0 aliphatic rings. The molecular weight excluding hydrogens is 212 g/mol. The Balaban J connectivity index is 4.04. The normalized spacial score (nSPS) is 12.6. The highest BCUT2D eigenvalue weighted by Gasteiger charge is 2.01. The van der Waals surface area contributed by atoms with Gasteiger partial charge in [-0.25, -0.2) is 0 Å². The molecule has 0 fully saturated rings. The first kappa shape index (κ1) is 16.0. The number of hydrogen-bond donors (Lipinski definition) is 1. The van der Waals surface area contributed by atoms with Gasteiger partial charge in [-0.05, 0) is 45.1 Å². The van der Waals surface area contributed by atoms with Crippen LogP contribution in [-0.4, -0.2) is 44.1 Å². The summed E-state index contributed by atoms with van der Waals surface area (Å²) in [6.45, 7) is 11.2. The monoisotopic (exact) mass is 238 g/mol. The molecule has 4 heteroatoms. The van der Waals surface area contributed by atoms with Gasteiger partial charge in [0.1, 0.15) is 0 Å². The van der Waals surface area contributed by atoms with Crippen LogP contribution in [0.4, 0.5) is 0 Å². The molecular formula is C13H26N4. The van der Waals surface area contributed by atoms with Crippen molar-refractivity contribution in [3.63, 3.8) is 0 Å². The molecule has 0 bridgehead atoms. The van der Waals surface area contributed by atoms with Crippen LogP contribution in [0.2, 0.25) is 0 Å². The molecule has 0 aromatic heterocycles. The Bertz CT molecular complexity index is 238. The second-order valence-corrected chi connectivity index (χ2v) is 4.12. The average molecular weight is 238 g/mol. The van der Waals surface area contributed by atoms with E-state index in [2.05, 4.69) is 28.5 Å². The minimum Gasteiger partial charge on any atom is -0.330 e. The highest BCUT2D eigenvalue weighted by atomic mass is 15.2. The van der Waals surface area contributed by atoms with Crippen LogP contribution in [-0.2, 0) is 0 Å². The van der Waals surface area contributed by atoms with Crippen molar-refractivity contribution in [3.8, 4) is 0 Å². The van der Waals surface area contributed by atoms with Crippen LogP contribution in [0.1, 0.15) is 33.1 Å². The summed E-state index contributed by atoms with van der Waals surface area (Å²) in [6, 6.07) is 0. The van der Waals surface area contributed by atoms with Crippen molar-refractivity contribution in [1.29, 1.82) is 0 Å². The van der Waals surface area contributed by atoms with Gasteiger partial charge in [0.05, 0.1) is 6.67 Å². The van der Waals surface area contributed by atoms with E-state index >= 15 is 0 Å². The summed E-state index contributed by atoms with van der Waals surface area (Å²) in [6.07, 6.45) is 7.00. The molecule has 17 heavy (non-hydrogen) atoms. The molecule has 0 saturated carbocycles. The Labute approximate surface area is 105 Å².